The number of aliphatic hydroxyl groups is 1. The Morgan fingerprint density at radius 2 is 2.31 bits per heavy atom. The van der Waals surface area contributed by atoms with Crippen molar-refractivity contribution in [3.63, 3.8) is 0 Å². The average molecular weight is 183 g/mol. The molecule has 1 unspecified atom stereocenters. The lowest BCUT2D eigenvalue weighted by Gasteiger charge is -2.28. The third-order valence-electron chi connectivity index (χ3n) is 2.56. The van der Waals surface area contributed by atoms with Crippen LogP contribution in [-0.2, 0) is 4.79 Å². The molecular formula is C8H13N3O2. The molecule has 0 radical (unpaired) electrons. The molecule has 1 N–H and O–H groups in total. The van der Waals surface area contributed by atoms with Crippen molar-refractivity contribution in [3.8, 4) is 0 Å². The maximum absolute atomic E-state index is 11.0. The minimum absolute atomic E-state index is 0.0554. The number of carbonyl (C=O) groups excluding carboxylic acids is 1. The lowest BCUT2D eigenvalue weighted by molar-refractivity contribution is -0.123. The van der Waals surface area contributed by atoms with Gasteiger partial charge in [0.25, 0.3) is 0 Å². The zero-order valence-electron chi connectivity index (χ0n) is 7.55. The fourth-order valence-corrected chi connectivity index (χ4v) is 1.70. The monoisotopic (exact) mass is 183 g/mol. The Morgan fingerprint density at radius 3 is 2.77 bits per heavy atom. The lowest BCUT2D eigenvalue weighted by atomic mass is 9.82. The van der Waals surface area contributed by atoms with Crippen LogP contribution in [0.4, 0.5) is 0 Å². The Bertz CT molecular complexity index is 248. The van der Waals surface area contributed by atoms with E-state index < -0.39 is 6.10 Å². The van der Waals surface area contributed by atoms with Crippen molar-refractivity contribution < 1.29 is 9.90 Å². The van der Waals surface area contributed by atoms with Crippen LogP contribution in [0.5, 0.6) is 0 Å². The van der Waals surface area contributed by atoms with E-state index in [2.05, 4.69) is 10.0 Å². The molecule has 1 aliphatic carbocycles. The number of carbonyl (C=O) groups is 1. The Kier molecular flexibility index (Phi) is 3.28. The van der Waals surface area contributed by atoms with Gasteiger partial charge in [0, 0.05) is 10.8 Å². The number of hydrogen-bond acceptors (Lipinski definition) is 3. The third kappa shape index (κ3) is 2.44. The van der Waals surface area contributed by atoms with Crippen LogP contribution in [0.25, 0.3) is 10.4 Å². The van der Waals surface area contributed by atoms with Crippen molar-refractivity contribution in [1.29, 1.82) is 0 Å². The SMILES string of the molecule is CC(=O)C1CC[C@H](N=[N+]=[N-])[C@@H](O)C1. The second kappa shape index (κ2) is 4.25. The fourth-order valence-electron chi connectivity index (χ4n) is 1.70. The summed E-state index contributed by atoms with van der Waals surface area (Å²) < 4.78 is 0. The molecule has 1 saturated carbocycles. The second-order valence-electron chi connectivity index (χ2n) is 3.46. The topological polar surface area (TPSA) is 86.1 Å². The number of azide groups is 1. The Balaban J connectivity index is 2.56. The molecule has 0 aromatic carbocycles. The van der Waals surface area contributed by atoms with Gasteiger partial charge in [0.05, 0.1) is 12.1 Å². The highest BCUT2D eigenvalue weighted by molar-refractivity contribution is 5.78. The van der Waals surface area contributed by atoms with E-state index in [0.717, 1.165) is 6.42 Å². The van der Waals surface area contributed by atoms with Crippen LogP contribution < -0.4 is 0 Å². The number of aliphatic hydroxyl groups excluding tert-OH is 1. The largest absolute Gasteiger partial charge is 0.393 e. The van der Waals surface area contributed by atoms with Crippen LogP contribution in [0.3, 0.4) is 0 Å². The first kappa shape index (κ1) is 10.0. The van der Waals surface area contributed by atoms with Crippen molar-refractivity contribution in [2.75, 3.05) is 0 Å². The maximum Gasteiger partial charge on any atom is 0.133 e. The molecule has 0 spiro atoms. The molecular weight excluding hydrogens is 170 g/mol. The van der Waals surface area contributed by atoms with E-state index >= 15 is 0 Å². The van der Waals surface area contributed by atoms with Gasteiger partial charge in [-0.25, -0.2) is 0 Å². The molecule has 0 aromatic heterocycles. The van der Waals surface area contributed by atoms with Gasteiger partial charge in [-0.2, -0.15) is 0 Å². The third-order valence-corrected chi connectivity index (χ3v) is 2.56. The molecule has 5 nitrogen and oxygen atoms in total. The fraction of sp³-hybridized carbons (Fsp3) is 0.875. The maximum atomic E-state index is 11.0. The summed E-state index contributed by atoms with van der Waals surface area (Å²) >= 11 is 0. The number of ketones is 1. The standard InChI is InChI=1S/C8H13N3O2/c1-5(12)6-2-3-7(10-11-9)8(13)4-6/h6-8,13H,2-4H2,1H3/t6?,7-,8-/m0/s1. The van der Waals surface area contributed by atoms with E-state index in [0.29, 0.717) is 12.8 Å². The van der Waals surface area contributed by atoms with Crippen molar-refractivity contribution in [2.24, 2.45) is 11.0 Å². The van der Waals surface area contributed by atoms with Crippen molar-refractivity contribution in [2.45, 2.75) is 38.3 Å². The van der Waals surface area contributed by atoms with Crippen molar-refractivity contribution in [3.05, 3.63) is 10.4 Å². The molecule has 1 rings (SSSR count). The summed E-state index contributed by atoms with van der Waals surface area (Å²) in [6, 6.07) is -0.347. The van der Waals surface area contributed by atoms with Gasteiger partial charge in [-0.3, -0.25) is 4.79 Å². The quantitative estimate of drug-likeness (QED) is 0.398. The number of nitrogens with zero attached hydrogens (tertiary/aromatic N) is 3. The molecule has 0 bridgehead atoms. The Labute approximate surface area is 76.4 Å². The van der Waals surface area contributed by atoms with Crippen LogP contribution in [-0.4, -0.2) is 23.0 Å². The first-order valence-electron chi connectivity index (χ1n) is 4.38. The summed E-state index contributed by atoms with van der Waals surface area (Å²) in [7, 11) is 0. The van der Waals surface area contributed by atoms with Gasteiger partial charge < -0.3 is 5.11 Å². The van der Waals surface area contributed by atoms with E-state index in [-0.39, 0.29) is 17.7 Å². The summed E-state index contributed by atoms with van der Waals surface area (Å²) in [6.07, 6.45) is 1.10. The summed E-state index contributed by atoms with van der Waals surface area (Å²) in [6.45, 7) is 1.53. The first-order valence-corrected chi connectivity index (χ1v) is 4.38. The lowest BCUT2D eigenvalue weighted by Crippen LogP contribution is -2.34. The second-order valence-corrected chi connectivity index (χ2v) is 3.46. The molecule has 13 heavy (non-hydrogen) atoms. The molecule has 0 aromatic rings. The van der Waals surface area contributed by atoms with Gasteiger partial charge in [0.1, 0.15) is 5.78 Å². The zero-order valence-corrected chi connectivity index (χ0v) is 7.55. The van der Waals surface area contributed by atoms with Gasteiger partial charge in [0.2, 0.25) is 0 Å². The summed E-state index contributed by atoms with van der Waals surface area (Å²) in [5.74, 6) is 0.0542. The molecule has 5 heteroatoms. The molecule has 72 valence electrons. The van der Waals surface area contributed by atoms with E-state index in [1.54, 1.807) is 0 Å². The van der Waals surface area contributed by atoms with Gasteiger partial charge in [-0.15, -0.1) is 0 Å². The van der Waals surface area contributed by atoms with Crippen molar-refractivity contribution in [1.82, 2.24) is 0 Å². The minimum atomic E-state index is -0.654. The Hall–Kier alpha value is -1.06. The molecule has 1 fully saturated rings. The van der Waals surface area contributed by atoms with Crippen LogP contribution in [0.15, 0.2) is 5.11 Å². The molecule has 1 aliphatic rings. The molecule has 0 heterocycles. The van der Waals surface area contributed by atoms with Crippen LogP contribution in [0.1, 0.15) is 26.2 Å². The highest BCUT2D eigenvalue weighted by atomic mass is 16.3. The highest BCUT2D eigenvalue weighted by Gasteiger charge is 2.30. The summed E-state index contributed by atoms with van der Waals surface area (Å²) in [4.78, 5) is 13.7. The smallest absolute Gasteiger partial charge is 0.133 e. The van der Waals surface area contributed by atoms with Gasteiger partial charge in [0.15, 0.2) is 0 Å². The molecule has 0 aliphatic heterocycles. The first-order chi connectivity index (χ1) is 6.15. The van der Waals surface area contributed by atoms with Gasteiger partial charge in [-0.1, -0.05) is 5.11 Å². The number of rotatable bonds is 2. The van der Waals surface area contributed by atoms with E-state index in [1.165, 1.54) is 6.92 Å². The summed E-state index contributed by atoms with van der Waals surface area (Å²) in [5.41, 5.74) is 8.19. The predicted molar refractivity (Wildman–Crippen MR) is 47.0 cm³/mol. The van der Waals surface area contributed by atoms with Gasteiger partial charge in [-0.05, 0) is 31.7 Å². The molecule has 0 amide bonds. The van der Waals surface area contributed by atoms with Crippen LogP contribution >= 0.6 is 0 Å². The molecule has 3 atom stereocenters. The van der Waals surface area contributed by atoms with Crippen LogP contribution in [0.2, 0.25) is 0 Å². The van der Waals surface area contributed by atoms with Crippen molar-refractivity contribution >= 4 is 5.78 Å². The van der Waals surface area contributed by atoms with Gasteiger partial charge >= 0.3 is 0 Å². The van der Waals surface area contributed by atoms with E-state index in [4.69, 9.17) is 5.53 Å². The molecule has 0 saturated heterocycles. The predicted octanol–water partition coefficient (Wildman–Crippen LogP) is 1.42. The minimum Gasteiger partial charge on any atom is -0.393 e. The zero-order chi connectivity index (χ0) is 9.84. The van der Waals surface area contributed by atoms with E-state index in [1.807, 2.05) is 0 Å². The van der Waals surface area contributed by atoms with Crippen LogP contribution in [0, 0.1) is 5.92 Å². The van der Waals surface area contributed by atoms with E-state index in [9.17, 15) is 9.90 Å². The normalized spacial score (nSPS) is 33.5. The highest BCUT2D eigenvalue weighted by Crippen LogP contribution is 2.27. The number of Topliss-reactive ketones (excluding diaryl/α,β-unsaturated/α-hetero) is 1. The summed E-state index contributed by atoms with van der Waals surface area (Å²) in [5, 5.41) is 13.0. The average Bonchev–Trinajstić information content (AvgIpc) is 2.08. The number of hydrogen-bond donors (Lipinski definition) is 1. The Morgan fingerprint density at radius 1 is 1.62 bits per heavy atom.